The first-order chi connectivity index (χ1) is 8.93. The molecule has 1 unspecified atom stereocenters. The van der Waals surface area contributed by atoms with Crippen molar-refractivity contribution in [2.75, 3.05) is 0 Å². The zero-order valence-corrected chi connectivity index (χ0v) is 15.1. The summed E-state index contributed by atoms with van der Waals surface area (Å²) in [7, 11) is 1.83. The summed E-state index contributed by atoms with van der Waals surface area (Å²) in [6.45, 7) is 1.95. The lowest BCUT2D eigenvalue weighted by Crippen LogP contribution is -2.29. The predicted octanol–water partition coefficient (Wildman–Crippen LogP) is 3.72. The van der Waals surface area contributed by atoms with Crippen LogP contribution in [-0.2, 0) is 13.5 Å². The van der Waals surface area contributed by atoms with Crippen LogP contribution in [0.3, 0.4) is 0 Å². The number of nitrogens with two attached hydrogens (primary N) is 1. The quantitative estimate of drug-likeness (QED) is 0.577. The first kappa shape index (κ1) is 15.5. The lowest BCUT2D eigenvalue weighted by atomic mass is 10.0. The zero-order chi connectivity index (χ0) is 14.2. The van der Waals surface area contributed by atoms with Crippen LogP contribution in [0.25, 0.3) is 0 Å². The van der Waals surface area contributed by atoms with E-state index in [0.29, 0.717) is 11.6 Å². The van der Waals surface area contributed by atoms with E-state index in [1.807, 2.05) is 14.0 Å². The van der Waals surface area contributed by atoms with Gasteiger partial charge < -0.3 is 0 Å². The molecule has 8 heteroatoms. The summed E-state index contributed by atoms with van der Waals surface area (Å²) < 4.78 is 3.79. The predicted molar refractivity (Wildman–Crippen MR) is 86.4 cm³/mol. The highest BCUT2D eigenvalue weighted by Gasteiger charge is 2.21. The van der Waals surface area contributed by atoms with Crippen molar-refractivity contribution in [3.8, 4) is 0 Å². The molecule has 2 rings (SSSR count). The van der Waals surface area contributed by atoms with Crippen molar-refractivity contribution in [1.29, 1.82) is 0 Å². The van der Waals surface area contributed by atoms with Crippen LogP contribution in [-0.4, -0.2) is 9.78 Å². The van der Waals surface area contributed by atoms with E-state index in [2.05, 4.69) is 48.5 Å². The minimum Gasteiger partial charge on any atom is -0.271 e. The topological polar surface area (TPSA) is 55.9 Å². The van der Waals surface area contributed by atoms with Crippen molar-refractivity contribution >= 4 is 54.8 Å². The minimum absolute atomic E-state index is 0.0164. The van der Waals surface area contributed by atoms with Crippen LogP contribution in [0.4, 0.5) is 0 Å². The van der Waals surface area contributed by atoms with Crippen molar-refractivity contribution in [2.45, 2.75) is 19.4 Å². The Hall–Kier alpha value is 0.0800. The molecule has 0 aliphatic heterocycles. The molecule has 19 heavy (non-hydrogen) atoms. The number of halogens is 3. The standard InChI is InChI=1S/C11H13Br2ClN4S/c1-5-6(11(14)18(2)17-5)3-8(16-15)7-4-9(12)19-10(7)13/h4,8,16H,3,15H2,1-2H3. The first-order valence-corrected chi connectivity index (χ1v) is 8.31. The van der Waals surface area contributed by atoms with Gasteiger partial charge in [0.1, 0.15) is 5.15 Å². The van der Waals surface area contributed by atoms with E-state index in [1.54, 1.807) is 16.0 Å². The van der Waals surface area contributed by atoms with E-state index < -0.39 is 0 Å². The van der Waals surface area contributed by atoms with Gasteiger partial charge >= 0.3 is 0 Å². The maximum atomic E-state index is 6.26. The number of thiophene rings is 1. The number of aryl methyl sites for hydroxylation is 2. The smallest absolute Gasteiger partial charge is 0.130 e. The van der Waals surface area contributed by atoms with E-state index in [4.69, 9.17) is 17.4 Å². The molecule has 0 fully saturated rings. The number of nitrogens with zero attached hydrogens (tertiary/aromatic N) is 2. The average molecular weight is 429 g/mol. The van der Waals surface area contributed by atoms with Crippen LogP contribution in [0, 0.1) is 6.92 Å². The van der Waals surface area contributed by atoms with Crippen molar-refractivity contribution in [2.24, 2.45) is 12.9 Å². The SMILES string of the molecule is Cc1nn(C)c(Cl)c1CC(NN)c1cc(Br)sc1Br. The van der Waals surface area contributed by atoms with E-state index in [-0.39, 0.29) is 6.04 Å². The molecule has 0 saturated carbocycles. The Morgan fingerprint density at radius 1 is 1.58 bits per heavy atom. The van der Waals surface area contributed by atoms with E-state index in [0.717, 1.165) is 24.4 Å². The maximum Gasteiger partial charge on any atom is 0.130 e. The summed E-state index contributed by atoms with van der Waals surface area (Å²) in [4.78, 5) is 0. The Morgan fingerprint density at radius 2 is 2.26 bits per heavy atom. The Bertz CT molecular complexity index is 596. The summed E-state index contributed by atoms with van der Waals surface area (Å²) in [5, 5.41) is 4.97. The first-order valence-electron chi connectivity index (χ1n) is 5.52. The molecule has 1 atom stereocenters. The van der Waals surface area contributed by atoms with E-state index in [1.165, 1.54) is 0 Å². The number of aromatic nitrogens is 2. The highest BCUT2D eigenvalue weighted by Crippen LogP contribution is 2.37. The highest BCUT2D eigenvalue weighted by atomic mass is 79.9. The summed E-state index contributed by atoms with van der Waals surface area (Å²) >= 11 is 14.9. The van der Waals surface area contributed by atoms with Gasteiger partial charge in [-0.2, -0.15) is 5.10 Å². The van der Waals surface area contributed by atoms with Crippen molar-refractivity contribution < 1.29 is 0 Å². The zero-order valence-electron chi connectivity index (χ0n) is 10.4. The molecule has 0 bridgehead atoms. The molecule has 0 spiro atoms. The van der Waals surface area contributed by atoms with Gasteiger partial charge in [0, 0.05) is 12.6 Å². The fourth-order valence-electron chi connectivity index (χ4n) is 1.96. The fraction of sp³-hybridized carbons (Fsp3) is 0.364. The molecule has 2 aromatic heterocycles. The van der Waals surface area contributed by atoms with Crippen LogP contribution in [0.15, 0.2) is 13.6 Å². The molecule has 0 saturated heterocycles. The summed E-state index contributed by atoms with van der Waals surface area (Å²) in [6, 6.07) is 2.04. The molecule has 4 nitrogen and oxygen atoms in total. The number of hydrogen-bond donors (Lipinski definition) is 2. The third-order valence-electron chi connectivity index (χ3n) is 2.94. The molecule has 104 valence electrons. The number of hydrogen-bond acceptors (Lipinski definition) is 4. The molecule has 2 heterocycles. The van der Waals surface area contributed by atoms with Crippen LogP contribution in [0.1, 0.15) is 22.9 Å². The number of nitrogens with one attached hydrogen (secondary N) is 1. The lowest BCUT2D eigenvalue weighted by Gasteiger charge is -2.15. The third kappa shape index (κ3) is 3.22. The summed E-state index contributed by atoms with van der Waals surface area (Å²) in [6.07, 6.45) is 0.691. The van der Waals surface area contributed by atoms with Gasteiger partial charge in [0.05, 0.1) is 19.3 Å². The second-order valence-corrected chi connectivity index (χ2v) is 8.29. The highest BCUT2D eigenvalue weighted by molar-refractivity contribution is 9.12. The monoisotopic (exact) mass is 426 g/mol. The van der Waals surface area contributed by atoms with Crippen molar-refractivity contribution in [3.63, 3.8) is 0 Å². The lowest BCUT2D eigenvalue weighted by molar-refractivity contribution is 0.550. The van der Waals surface area contributed by atoms with E-state index in [9.17, 15) is 0 Å². The molecule has 0 aromatic carbocycles. The average Bonchev–Trinajstić information content (AvgIpc) is 2.79. The van der Waals surface area contributed by atoms with Gasteiger partial charge in [0.15, 0.2) is 0 Å². The van der Waals surface area contributed by atoms with Gasteiger partial charge in [-0.1, -0.05) is 11.6 Å². The third-order valence-corrected chi connectivity index (χ3v) is 5.80. The largest absolute Gasteiger partial charge is 0.271 e. The van der Waals surface area contributed by atoms with E-state index >= 15 is 0 Å². The van der Waals surface area contributed by atoms with Crippen LogP contribution in [0.5, 0.6) is 0 Å². The van der Waals surface area contributed by atoms with Gasteiger partial charge in [-0.3, -0.25) is 16.0 Å². The molecule has 0 aliphatic rings. The molecule has 3 N–H and O–H groups in total. The number of hydrazine groups is 1. The second-order valence-electron chi connectivity index (χ2n) is 4.18. The molecule has 0 aliphatic carbocycles. The van der Waals surface area contributed by atoms with Gasteiger partial charge in [0.2, 0.25) is 0 Å². The normalized spacial score (nSPS) is 12.9. The Labute approximate surface area is 137 Å². The summed E-state index contributed by atoms with van der Waals surface area (Å²) in [5.74, 6) is 5.69. The van der Waals surface area contributed by atoms with Gasteiger partial charge in [-0.15, -0.1) is 11.3 Å². The molecule has 0 amide bonds. The Balaban J connectivity index is 2.31. The Kier molecular flexibility index (Phi) is 5.08. The number of rotatable bonds is 4. The van der Waals surface area contributed by atoms with Crippen molar-refractivity contribution in [3.05, 3.63) is 35.6 Å². The van der Waals surface area contributed by atoms with Crippen LogP contribution in [0.2, 0.25) is 5.15 Å². The molecule has 0 radical (unpaired) electrons. The van der Waals surface area contributed by atoms with Gasteiger partial charge in [-0.05, 0) is 56.8 Å². The minimum atomic E-state index is -0.0164. The summed E-state index contributed by atoms with van der Waals surface area (Å²) in [5.41, 5.74) is 5.90. The Morgan fingerprint density at radius 3 is 2.68 bits per heavy atom. The van der Waals surface area contributed by atoms with Crippen LogP contribution >= 0.6 is 54.8 Å². The van der Waals surface area contributed by atoms with Crippen molar-refractivity contribution in [1.82, 2.24) is 15.2 Å². The van der Waals surface area contributed by atoms with Gasteiger partial charge in [-0.25, -0.2) is 0 Å². The molecular weight excluding hydrogens is 415 g/mol. The second kappa shape index (κ2) is 6.24. The van der Waals surface area contributed by atoms with Gasteiger partial charge in [0.25, 0.3) is 0 Å². The molecule has 2 aromatic rings. The fourth-order valence-corrected chi connectivity index (χ4v) is 5.18. The van der Waals surface area contributed by atoms with Crippen LogP contribution < -0.4 is 11.3 Å². The molecular formula is C11H13Br2ClN4S. The maximum absolute atomic E-state index is 6.26.